The zero-order valence-electron chi connectivity index (χ0n) is 14.3. The van der Waals surface area contributed by atoms with Gasteiger partial charge in [-0.1, -0.05) is 30.3 Å². The van der Waals surface area contributed by atoms with Gasteiger partial charge in [-0.05, 0) is 42.3 Å². The van der Waals surface area contributed by atoms with Crippen LogP contribution < -0.4 is 11.1 Å². The zero-order chi connectivity index (χ0) is 17.8. The Hall–Kier alpha value is -2.34. The molecule has 1 aliphatic heterocycles. The minimum absolute atomic E-state index is 0.0536. The lowest BCUT2D eigenvalue weighted by molar-refractivity contribution is -0.132. The largest absolute Gasteiger partial charge is 0.352 e. The van der Waals surface area contributed by atoms with E-state index in [-0.39, 0.29) is 24.4 Å². The third kappa shape index (κ3) is 4.02. The second kappa shape index (κ2) is 7.70. The summed E-state index contributed by atoms with van der Waals surface area (Å²) in [6.07, 6.45) is 2.20. The van der Waals surface area contributed by atoms with Gasteiger partial charge >= 0.3 is 6.03 Å². The number of hydrogen-bond acceptors (Lipinski definition) is 3. The van der Waals surface area contributed by atoms with Gasteiger partial charge in [0.25, 0.3) is 0 Å². The van der Waals surface area contributed by atoms with Crippen LogP contribution in [-0.2, 0) is 4.79 Å². The summed E-state index contributed by atoms with van der Waals surface area (Å²) in [5, 5.41) is 4.64. The Morgan fingerprint density at radius 3 is 2.80 bits per heavy atom. The highest BCUT2D eigenvalue weighted by Crippen LogP contribution is 2.35. The highest BCUT2D eigenvalue weighted by Gasteiger charge is 2.32. The van der Waals surface area contributed by atoms with Crippen molar-refractivity contribution in [1.29, 1.82) is 0 Å². The first-order valence-electron chi connectivity index (χ1n) is 8.50. The Bertz CT molecular complexity index is 745. The van der Waals surface area contributed by atoms with Gasteiger partial charge in [0.15, 0.2) is 0 Å². The number of urea groups is 1. The molecule has 3 N–H and O–H groups in total. The van der Waals surface area contributed by atoms with Crippen molar-refractivity contribution in [3.63, 3.8) is 0 Å². The lowest BCUT2D eigenvalue weighted by atomic mass is 9.99. The zero-order valence-corrected chi connectivity index (χ0v) is 15.1. The normalized spacial score (nSPS) is 18.1. The molecule has 5 nitrogen and oxygen atoms in total. The van der Waals surface area contributed by atoms with E-state index in [9.17, 15) is 9.59 Å². The summed E-state index contributed by atoms with van der Waals surface area (Å²) in [5.74, 6) is 0.0536. The third-order valence-corrected chi connectivity index (χ3v) is 5.69. The first-order chi connectivity index (χ1) is 12.1. The van der Waals surface area contributed by atoms with Gasteiger partial charge in [0, 0.05) is 11.4 Å². The standard InChI is InChI=1S/C19H23N3O2S/c1-13-6-2-3-7-14(13)16-8-4-10-22(16)18(23)12-15(21-19(20)24)17-9-5-11-25-17/h2-3,5-7,9,11,15-16H,4,8,10,12H2,1H3,(H3,20,21,24)/t15-,16+/m1/s1. The molecule has 3 rings (SSSR count). The lowest BCUT2D eigenvalue weighted by Crippen LogP contribution is -2.38. The van der Waals surface area contributed by atoms with Crippen molar-refractivity contribution in [2.24, 2.45) is 5.73 Å². The average molecular weight is 357 g/mol. The molecule has 0 bridgehead atoms. The SMILES string of the molecule is Cc1ccccc1[C@@H]1CCCN1C(=O)C[C@@H](NC(N)=O)c1cccs1. The smallest absolute Gasteiger partial charge is 0.312 e. The molecular weight excluding hydrogens is 334 g/mol. The Morgan fingerprint density at radius 1 is 1.32 bits per heavy atom. The van der Waals surface area contributed by atoms with Crippen molar-refractivity contribution in [3.8, 4) is 0 Å². The summed E-state index contributed by atoms with van der Waals surface area (Å²) >= 11 is 1.52. The van der Waals surface area contributed by atoms with Crippen LogP contribution in [-0.4, -0.2) is 23.4 Å². The van der Waals surface area contributed by atoms with Gasteiger partial charge in [-0.25, -0.2) is 4.79 Å². The van der Waals surface area contributed by atoms with Crippen LogP contribution in [0.5, 0.6) is 0 Å². The van der Waals surface area contributed by atoms with Crippen molar-refractivity contribution in [1.82, 2.24) is 10.2 Å². The van der Waals surface area contributed by atoms with E-state index in [2.05, 4.69) is 24.4 Å². The first-order valence-corrected chi connectivity index (χ1v) is 9.38. The topological polar surface area (TPSA) is 75.4 Å². The van der Waals surface area contributed by atoms with Crippen molar-refractivity contribution < 1.29 is 9.59 Å². The number of rotatable bonds is 5. The number of benzene rings is 1. The summed E-state index contributed by atoms with van der Waals surface area (Å²) in [6.45, 7) is 2.84. The first kappa shape index (κ1) is 17.5. The van der Waals surface area contributed by atoms with Crippen molar-refractivity contribution in [2.75, 3.05) is 6.54 Å². The molecule has 1 aromatic heterocycles. The van der Waals surface area contributed by atoms with E-state index in [1.54, 1.807) is 0 Å². The van der Waals surface area contributed by atoms with Crippen LogP contribution in [0.3, 0.4) is 0 Å². The molecular formula is C19H23N3O2S. The molecule has 0 unspecified atom stereocenters. The maximum atomic E-state index is 13.0. The van der Waals surface area contributed by atoms with Crippen molar-refractivity contribution >= 4 is 23.3 Å². The van der Waals surface area contributed by atoms with Gasteiger partial charge in [-0.2, -0.15) is 0 Å². The number of thiophene rings is 1. The maximum absolute atomic E-state index is 13.0. The Morgan fingerprint density at radius 2 is 2.12 bits per heavy atom. The van der Waals surface area contributed by atoms with E-state index in [1.165, 1.54) is 22.5 Å². The molecule has 0 spiro atoms. The number of aryl methyl sites for hydroxylation is 1. The molecule has 2 heterocycles. The Kier molecular flexibility index (Phi) is 5.38. The average Bonchev–Trinajstić information content (AvgIpc) is 3.26. The van der Waals surface area contributed by atoms with Crippen LogP contribution in [0.4, 0.5) is 4.79 Å². The Balaban J connectivity index is 1.76. The van der Waals surface area contributed by atoms with Crippen LogP contribution in [0, 0.1) is 6.92 Å². The van der Waals surface area contributed by atoms with Crippen molar-refractivity contribution in [2.45, 2.75) is 38.3 Å². The van der Waals surface area contributed by atoms with Gasteiger partial charge in [0.2, 0.25) is 5.91 Å². The third-order valence-electron chi connectivity index (χ3n) is 4.70. The summed E-state index contributed by atoms with van der Waals surface area (Å²) in [6, 6.07) is 11.2. The molecule has 0 aliphatic carbocycles. The monoisotopic (exact) mass is 357 g/mol. The minimum Gasteiger partial charge on any atom is -0.352 e. The molecule has 1 aromatic carbocycles. The molecule has 25 heavy (non-hydrogen) atoms. The highest BCUT2D eigenvalue weighted by molar-refractivity contribution is 7.10. The fourth-order valence-electron chi connectivity index (χ4n) is 3.53. The van der Waals surface area contributed by atoms with Gasteiger partial charge in [0.1, 0.15) is 0 Å². The molecule has 6 heteroatoms. The van der Waals surface area contributed by atoms with E-state index in [1.807, 2.05) is 34.5 Å². The molecule has 3 amide bonds. The predicted molar refractivity (Wildman–Crippen MR) is 99.3 cm³/mol. The number of nitrogens with one attached hydrogen (secondary N) is 1. The molecule has 2 aromatic rings. The molecule has 132 valence electrons. The summed E-state index contributed by atoms with van der Waals surface area (Å²) in [4.78, 5) is 27.2. The van der Waals surface area contributed by atoms with Gasteiger partial charge in [-0.15, -0.1) is 11.3 Å². The number of nitrogens with zero attached hydrogens (tertiary/aromatic N) is 1. The van der Waals surface area contributed by atoms with E-state index in [0.717, 1.165) is 24.3 Å². The van der Waals surface area contributed by atoms with Crippen molar-refractivity contribution in [3.05, 3.63) is 57.8 Å². The molecule has 0 radical (unpaired) electrons. The highest BCUT2D eigenvalue weighted by atomic mass is 32.1. The number of hydrogen-bond donors (Lipinski definition) is 2. The second-order valence-electron chi connectivity index (χ2n) is 6.38. The molecule has 1 saturated heterocycles. The van der Waals surface area contributed by atoms with Gasteiger partial charge in [0.05, 0.1) is 18.5 Å². The van der Waals surface area contributed by atoms with E-state index >= 15 is 0 Å². The van der Waals surface area contributed by atoms with Crippen LogP contribution in [0.15, 0.2) is 41.8 Å². The van der Waals surface area contributed by atoms with Crippen LogP contribution in [0.1, 0.15) is 47.4 Å². The second-order valence-corrected chi connectivity index (χ2v) is 7.36. The number of likely N-dealkylation sites (tertiary alicyclic amines) is 1. The van der Waals surface area contributed by atoms with Crippen LogP contribution in [0.25, 0.3) is 0 Å². The quantitative estimate of drug-likeness (QED) is 0.859. The number of nitrogens with two attached hydrogens (primary N) is 1. The molecule has 1 fully saturated rings. The number of carbonyl (C=O) groups excluding carboxylic acids is 2. The fourth-order valence-corrected chi connectivity index (χ4v) is 4.30. The van der Waals surface area contributed by atoms with Crippen LogP contribution in [0.2, 0.25) is 0 Å². The molecule has 1 aliphatic rings. The van der Waals surface area contributed by atoms with E-state index in [4.69, 9.17) is 5.73 Å². The maximum Gasteiger partial charge on any atom is 0.312 e. The summed E-state index contributed by atoms with van der Waals surface area (Å²) in [7, 11) is 0. The summed E-state index contributed by atoms with van der Waals surface area (Å²) in [5.41, 5.74) is 7.71. The van der Waals surface area contributed by atoms with Gasteiger partial charge in [-0.3, -0.25) is 4.79 Å². The van der Waals surface area contributed by atoms with Crippen LogP contribution >= 0.6 is 11.3 Å². The fraction of sp³-hybridized carbons (Fsp3) is 0.368. The molecule has 0 saturated carbocycles. The number of carbonyl (C=O) groups is 2. The summed E-state index contributed by atoms with van der Waals surface area (Å²) < 4.78 is 0. The molecule has 2 atom stereocenters. The lowest BCUT2D eigenvalue weighted by Gasteiger charge is -2.28. The van der Waals surface area contributed by atoms with Gasteiger partial charge < -0.3 is 16.0 Å². The number of primary amides is 1. The minimum atomic E-state index is -0.608. The number of amides is 3. The van der Waals surface area contributed by atoms with E-state index in [0.29, 0.717) is 0 Å². The van der Waals surface area contributed by atoms with E-state index < -0.39 is 6.03 Å². The predicted octanol–water partition coefficient (Wildman–Crippen LogP) is 3.52. The Labute approximate surface area is 151 Å².